The van der Waals surface area contributed by atoms with Gasteiger partial charge in [0.1, 0.15) is 18.4 Å². The van der Waals surface area contributed by atoms with Gasteiger partial charge in [0.05, 0.1) is 46.9 Å². The second-order valence-corrected chi connectivity index (χ2v) is 36.3. The molecule has 0 saturated carbocycles. The van der Waals surface area contributed by atoms with Crippen LogP contribution >= 0.6 is 11.3 Å². The molecule has 4 aliphatic rings. The smallest absolute Gasteiger partial charge is 0.370 e. The molecule has 2 N–H and O–H groups in total. The number of anilines is 2. The van der Waals surface area contributed by atoms with Crippen molar-refractivity contribution in [2.75, 3.05) is 42.8 Å². The molecule has 660 valence electrons. The van der Waals surface area contributed by atoms with E-state index < -0.39 is 33.6 Å². The van der Waals surface area contributed by atoms with Crippen molar-refractivity contribution in [1.29, 1.82) is 0 Å². The quantitative estimate of drug-likeness (QED) is 0.00848. The lowest BCUT2D eigenvalue weighted by Gasteiger charge is -2.33. The average Bonchev–Trinajstić information content (AvgIpc) is 1.54. The van der Waals surface area contributed by atoms with E-state index in [0.717, 1.165) is 134 Å². The molecule has 0 spiro atoms. The highest BCUT2D eigenvalue weighted by atomic mass is 32.1. The Morgan fingerprint density at radius 2 is 1.03 bits per heavy atom. The fourth-order valence-electron chi connectivity index (χ4n) is 21.1. The number of carboxylic acids is 2. The van der Waals surface area contributed by atoms with Crippen LogP contribution in [0, 0.1) is 36.8 Å². The van der Waals surface area contributed by atoms with Crippen molar-refractivity contribution >= 4 is 136 Å². The van der Waals surface area contributed by atoms with E-state index in [0.29, 0.717) is 68.9 Å². The normalized spacial score (nSPS) is 18.2. The molecular formula is C119H102N6O8S+2. The molecule has 0 bridgehead atoms. The third-order valence-corrected chi connectivity index (χ3v) is 27.8. The van der Waals surface area contributed by atoms with Gasteiger partial charge in [0.2, 0.25) is 17.9 Å². The Morgan fingerprint density at radius 1 is 0.478 bits per heavy atom. The molecule has 4 unspecified atom stereocenters. The molecule has 0 amide bonds. The first-order chi connectivity index (χ1) is 65.4. The Balaban J connectivity index is 0.000000189. The van der Waals surface area contributed by atoms with Gasteiger partial charge in [0.15, 0.2) is 36.1 Å². The van der Waals surface area contributed by atoms with Gasteiger partial charge >= 0.3 is 11.9 Å². The van der Waals surface area contributed by atoms with Gasteiger partial charge in [-0.1, -0.05) is 292 Å². The third kappa shape index (κ3) is 17.5. The van der Waals surface area contributed by atoms with E-state index in [-0.39, 0.29) is 32.8 Å². The topological polar surface area (TPSA) is 148 Å². The van der Waals surface area contributed by atoms with Gasteiger partial charge in [-0.2, -0.15) is 9.15 Å². The number of allylic oxidation sites excluding steroid dienone is 12. The zero-order valence-electron chi connectivity index (χ0n) is 75.9. The van der Waals surface area contributed by atoms with Crippen LogP contribution in [0.3, 0.4) is 0 Å². The number of benzene rings is 13. The predicted molar refractivity (Wildman–Crippen MR) is 544 cm³/mol. The highest BCUT2D eigenvalue weighted by Gasteiger charge is 2.55. The molecule has 14 aromatic rings. The van der Waals surface area contributed by atoms with Gasteiger partial charge in [-0.3, -0.25) is 14.4 Å². The van der Waals surface area contributed by atoms with Crippen molar-refractivity contribution in [3.63, 3.8) is 0 Å². The Bertz CT molecular complexity index is 7500. The van der Waals surface area contributed by atoms with Gasteiger partial charge in [-0.15, -0.1) is 35.0 Å². The van der Waals surface area contributed by atoms with Crippen LogP contribution in [0.4, 0.5) is 34.1 Å². The number of hydrogen-bond acceptors (Lipinski definition) is 9. The molecule has 4 atom stereocenters. The SMILES string of the molecule is CC(C)c1ccc2c(c1)C(C)(Cc1cccs1)/C(=C/C=C/C=C/C1=[N+](CC(=O)O)c3c(c4ccccc4c4ccccc34)C1(C)Cc1ccc3ccccc3c1)N2COC=O.[C-]#[N+]c1cccc(CC2(CC#CC)C(/C=C/C=C/C=C3\N(CCOC=O)c4ccc(-c5ccccc5)cc4C3(CC#CC)Cc3cccc([N+]#[C-])c3)=[N+](CCC(=O)O)c3c2c2ccccc2c2ccccc32)c1. The van der Waals surface area contributed by atoms with Crippen molar-refractivity contribution in [2.45, 2.75) is 114 Å². The highest BCUT2D eigenvalue weighted by molar-refractivity contribution is 7.09. The molecule has 1 aromatic heterocycles. The minimum atomic E-state index is -0.897. The molecular weight excluding hydrogens is 1670 g/mol. The van der Waals surface area contributed by atoms with E-state index in [2.05, 4.69) is 305 Å². The Hall–Kier alpha value is -15.8. The molecule has 13 aromatic carbocycles. The van der Waals surface area contributed by atoms with E-state index in [4.69, 9.17) is 22.6 Å². The van der Waals surface area contributed by atoms with Crippen LogP contribution in [0.1, 0.15) is 116 Å². The molecule has 15 heteroatoms. The Morgan fingerprint density at radius 3 is 1.63 bits per heavy atom. The summed E-state index contributed by atoms with van der Waals surface area (Å²) in [7, 11) is 0. The summed E-state index contributed by atoms with van der Waals surface area (Å²) < 4.78 is 15.1. The lowest BCUT2D eigenvalue weighted by molar-refractivity contribution is -0.435. The largest absolute Gasteiger partial charge is 0.481 e. The number of aliphatic carboxylic acids is 2. The molecule has 0 fully saturated rings. The van der Waals surface area contributed by atoms with Gasteiger partial charge < -0.3 is 29.5 Å². The number of nitrogens with zero attached hydrogens (tertiary/aromatic N) is 6. The summed E-state index contributed by atoms with van der Waals surface area (Å²) in [5.74, 6) is 11.9. The predicted octanol–water partition coefficient (Wildman–Crippen LogP) is 26.0. The summed E-state index contributed by atoms with van der Waals surface area (Å²) in [5.41, 5.74) is 17.5. The summed E-state index contributed by atoms with van der Waals surface area (Å²) in [5, 5.41) is 34.0. The van der Waals surface area contributed by atoms with Crippen molar-refractivity contribution in [3.8, 4) is 34.8 Å². The van der Waals surface area contributed by atoms with Crippen molar-refractivity contribution < 1.29 is 48.0 Å². The van der Waals surface area contributed by atoms with Crippen LogP contribution in [-0.4, -0.2) is 88.6 Å². The first kappa shape index (κ1) is 90.2. The number of fused-ring (bicyclic) bond motifs is 15. The van der Waals surface area contributed by atoms with E-state index in [9.17, 15) is 29.4 Å². The van der Waals surface area contributed by atoms with Crippen LogP contribution in [-0.2, 0) is 76.0 Å². The van der Waals surface area contributed by atoms with E-state index in [1.54, 1.807) is 11.3 Å². The first-order valence-electron chi connectivity index (χ1n) is 45.3. The lowest BCUT2D eigenvalue weighted by Crippen LogP contribution is -2.37. The maximum atomic E-state index is 12.8. The van der Waals surface area contributed by atoms with Gasteiger partial charge in [0.25, 0.3) is 12.9 Å². The zero-order chi connectivity index (χ0) is 93.1. The number of ether oxygens (including phenoxy) is 2. The maximum Gasteiger partial charge on any atom is 0.370 e. The van der Waals surface area contributed by atoms with E-state index in [1.807, 2.05) is 122 Å². The summed E-state index contributed by atoms with van der Waals surface area (Å²) in [6, 6.07) is 92.1. The minimum absolute atomic E-state index is 0.0969. The number of hydrogen-bond donors (Lipinski definition) is 2. The number of carbonyl (C=O) groups excluding carboxylic acids is 2. The fraction of sp³-hybridized carbons (Fsp3) is 0.193. The van der Waals surface area contributed by atoms with Gasteiger partial charge in [-0.25, -0.2) is 14.5 Å². The van der Waals surface area contributed by atoms with Crippen molar-refractivity contribution in [3.05, 3.63) is 417 Å². The molecule has 0 aliphatic carbocycles. The van der Waals surface area contributed by atoms with Crippen LogP contribution in [0.15, 0.2) is 344 Å². The molecule has 0 saturated heterocycles. The van der Waals surface area contributed by atoms with E-state index >= 15 is 0 Å². The summed E-state index contributed by atoms with van der Waals surface area (Å²) in [4.78, 5) is 61.8. The summed E-state index contributed by atoms with van der Waals surface area (Å²) >= 11 is 1.75. The second kappa shape index (κ2) is 39.5. The molecule has 18 rings (SSSR count). The van der Waals surface area contributed by atoms with Crippen LogP contribution in [0.5, 0.6) is 0 Å². The third-order valence-electron chi connectivity index (χ3n) is 26.9. The van der Waals surface area contributed by atoms with Crippen LogP contribution < -0.4 is 9.80 Å². The number of thiophene rings is 1. The number of rotatable bonds is 30. The lowest BCUT2D eigenvalue weighted by atomic mass is 9.68. The molecule has 14 nitrogen and oxygen atoms in total. The monoisotopic (exact) mass is 1770 g/mol. The van der Waals surface area contributed by atoms with E-state index in [1.165, 1.54) is 32.3 Å². The van der Waals surface area contributed by atoms with Gasteiger partial charge in [-0.05, 0) is 190 Å². The first-order valence-corrected chi connectivity index (χ1v) is 46.2. The number of carboxylic acid groups (broad SMARTS) is 2. The standard InChI is InChI=1S/C65H52N4O4.C54H48N2O4S/c1-5-7-36-64(44-47-21-19-25-51(41-47)66-3)57-43-50(49-23-11-9-12-24-49)33-34-58(57)68(39-40-73-46-70)59(64)31-13-10-14-32-60-65(37-8-6-2,45-48-22-20-26-52(42-48)67-4)62-55-29-17-15-27-53(55)54-28-16-18-30-56(54)63(62)69(60)38-35-61(71)72;1-36(2)39-26-27-47-46(30-39)53(3,32-41-17-14-28-61-41)48(56(47)34-60-35-57)22-6-5-7-23-49-54(4,31-37-24-25-38-15-8-9-16-40(38)29-37)51-44-20-12-10-18-42(44)43-19-11-13-21-45(43)52(51)55(49)33-50(58)59/h9-34,41-43,46H,35-40,44-45H2,1-2H3;5-30,35-36H,31-34H2,1-4H3/p+2. The zero-order valence-corrected chi connectivity index (χ0v) is 76.7. The van der Waals surface area contributed by atoms with Crippen molar-refractivity contribution in [2.24, 2.45) is 0 Å². The maximum absolute atomic E-state index is 12.8. The number of carbonyl (C=O) groups is 4. The summed E-state index contributed by atoms with van der Waals surface area (Å²) in [6.45, 7) is 30.1. The molecule has 0 radical (unpaired) electrons. The minimum Gasteiger partial charge on any atom is -0.481 e. The van der Waals surface area contributed by atoms with Crippen LogP contribution in [0.2, 0.25) is 0 Å². The highest BCUT2D eigenvalue weighted by Crippen LogP contribution is 2.57. The second-order valence-electron chi connectivity index (χ2n) is 35.3. The van der Waals surface area contributed by atoms with Gasteiger partial charge in [0, 0.05) is 63.6 Å². The Kier molecular flexibility index (Phi) is 26.6. The molecule has 134 heavy (non-hydrogen) atoms. The Labute approximate surface area is 786 Å². The molecule has 5 heterocycles. The fourth-order valence-corrected chi connectivity index (χ4v) is 22.0. The summed E-state index contributed by atoms with van der Waals surface area (Å²) in [6.07, 6.45) is 24.0. The molecule has 4 aliphatic heterocycles. The average molecular weight is 1780 g/mol. The van der Waals surface area contributed by atoms with Crippen LogP contribution in [0.25, 0.3) is 74.7 Å². The van der Waals surface area contributed by atoms with Crippen molar-refractivity contribution in [1.82, 2.24) is 0 Å².